The van der Waals surface area contributed by atoms with Gasteiger partial charge >= 0.3 is 0 Å². The summed E-state index contributed by atoms with van der Waals surface area (Å²) in [6.07, 6.45) is 8.89. The number of aromatic hydroxyl groups is 4. The molecule has 43 heavy (non-hydrogen) atoms. The van der Waals surface area contributed by atoms with Gasteiger partial charge in [0.25, 0.3) is 0 Å². The molecular weight excluding hydrogens is 532 g/mol. The molecule has 4 nitrogen and oxygen atoms in total. The summed E-state index contributed by atoms with van der Waals surface area (Å²) in [6, 6.07) is 19.7. The summed E-state index contributed by atoms with van der Waals surface area (Å²) in [6.45, 7) is 8.57. The summed E-state index contributed by atoms with van der Waals surface area (Å²) in [5.41, 5.74) is 9.35. The zero-order valence-electron chi connectivity index (χ0n) is 26.3. The van der Waals surface area contributed by atoms with Gasteiger partial charge < -0.3 is 20.4 Å². The maximum absolute atomic E-state index is 11.6. The van der Waals surface area contributed by atoms with Crippen LogP contribution in [0.4, 0.5) is 0 Å². The number of phenols is 4. The van der Waals surface area contributed by atoms with Crippen LogP contribution in [0.15, 0.2) is 60.7 Å². The second-order valence-electron chi connectivity index (χ2n) is 12.0. The Morgan fingerprint density at radius 3 is 0.977 bits per heavy atom. The predicted octanol–water partition coefficient (Wildman–Crippen LogP) is 9.09. The predicted molar refractivity (Wildman–Crippen MR) is 177 cm³/mol. The molecule has 0 unspecified atom stereocenters. The summed E-state index contributed by atoms with van der Waals surface area (Å²) in [4.78, 5) is 0. The minimum absolute atomic E-state index is 0.215. The molecule has 0 fully saturated rings. The van der Waals surface area contributed by atoms with Crippen LogP contribution in [0.25, 0.3) is 0 Å². The summed E-state index contributed by atoms with van der Waals surface area (Å²) >= 11 is 0. The van der Waals surface area contributed by atoms with E-state index in [0.29, 0.717) is 19.3 Å². The molecule has 4 N–H and O–H groups in total. The van der Waals surface area contributed by atoms with Crippen molar-refractivity contribution in [3.63, 3.8) is 0 Å². The van der Waals surface area contributed by atoms with Gasteiger partial charge in [0, 0.05) is 19.3 Å². The molecule has 4 aromatic rings. The van der Waals surface area contributed by atoms with Crippen molar-refractivity contribution in [2.24, 2.45) is 0 Å². The number of hydrogen-bond donors (Lipinski definition) is 4. The lowest BCUT2D eigenvalue weighted by Gasteiger charge is -2.17. The van der Waals surface area contributed by atoms with Crippen molar-refractivity contribution in [2.45, 2.75) is 98.3 Å². The topological polar surface area (TPSA) is 80.9 Å². The summed E-state index contributed by atoms with van der Waals surface area (Å²) < 4.78 is 0. The van der Waals surface area contributed by atoms with Crippen molar-refractivity contribution >= 4 is 0 Å². The molecule has 0 aliphatic carbocycles. The Hall–Kier alpha value is -3.92. The first-order valence-electron chi connectivity index (χ1n) is 16.0. The van der Waals surface area contributed by atoms with E-state index in [9.17, 15) is 20.4 Å². The van der Waals surface area contributed by atoms with Crippen molar-refractivity contribution in [2.75, 3.05) is 0 Å². The van der Waals surface area contributed by atoms with Crippen LogP contribution in [0, 0.1) is 0 Å². The average Bonchev–Trinajstić information content (AvgIpc) is 2.97. The first-order valence-corrected chi connectivity index (χ1v) is 16.0. The minimum Gasteiger partial charge on any atom is -0.508 e. The number of aryl methyl sites for hydroxylation is 4. The quantitative estimate of drug-likeness (QED) is 0.120. The normalized spacial score (nSPS) is 11.3. The Labute approximate surface area is 257 Å². The number of benzene rings is 4. The van der Waals surface area contributed by atoms with Crippen LogP contribution < -0.4 is 0 Å². The third kappa shape index (κ3) is 8.13. The van der Waals surface area contributed by atoms with E-state index in [1.165, 1.54) is 11.1 Å². The largest absolute Gasteiger partial charge is 0.508 e. The zero-order chi connectivity index (χ0) is 30.9. The van der Waals surface area contributed by atoms with E-state index in [4.69, 9.17) is 0 Å². The lowest BCUT2D eigenvalue weighted by molar-refractivity contribution is 0.454. The van der Waals surface area contributed by atoms with Crippen LogP contribution in [0.3, 0.4) is 0 Å². The van der Waals surface area contributed by atoms with E-state index in [-0.39, 0.29) is 23.0 Å². The van der Waals surface area contributed by atoms with E-state index in [1.54, 1.807) is 12.1 Å². The summed E-state index contributed by atoms with van der Waals surface area (Å²) in [7, 11) is 0. The Kier molecular flexibility index (Phi) is 11.2. The van der Waals surface area contributed by atoms with Crippen LogP contribution in [0.5, 0.6) is 23.0 Å². The fourth-order valence-electron chi connectivity index (χ4n) is 6.13. The van der Waals surface area contributed by atoms with Crippen molar-refractivity contribution in [3.05, 3.63) is 116 Å². The SMILES string of the molecule is CCCc1ccc(O)c(Cc2cc(CCC)cc(Cc3cc(CCC)cc(Cc4cc(CCC)ccc4O)c3O)c2O)c1. The molecule has 4 heteroatoms. The standard InChI is InChI=1S/C39H48O4/c1-5-9-26-13-15-36(40)30(17-26)23-32-19-28(11-7-3)21-34(38(32)42)25-35-22-29(12-8-4)20-33(39(35)43)24-31-18-27(10-6-2)14-16-37(31)41/h13-22,40-43H,5-12,23-25H2,1-4H3. The van der Waals surface area contributed by atoms with Gasteiger partial charge in [-0.2, -0.15) is 0 Å². The molecule has 0 atom stereocenters. The molecule has 0 bridgehead atoms. The van der Waals surface area contributed by atoms with Gasteiger partial charge in [-0.15, -0.1) is 0 Å². The van der Waals surface area contributed by atoms with E-state index >= 15 is 0 Å². The van der Waals surface area contributed by atoms with Crippen LogP contribution in [-0.4, -0.2) is 20.4 Å². The van der Waals surface area contributed by atoms with Gasteiger partial charge in [0.1, 0.15) is 23.0 Å². The second kappa shape index (κ2) is 15.0. The third-order valence-corrected chi connectivity index (χ3v) is 8.24. The molecule has 0 saturated carbocycles. The molecule has 0 amide bonds. The molecule has 0 saturated heterocycles. The van der Waals surface area contributed by atoms with Crippen molar-refractivity contribution in [3.8, 4) is 23.0 Å². The van der Waals surface area contributed by atoms with Gasteiger partial charge in [-0.3, -0.25) is 0 Å². The van der Waals surface area contributed by atoms with Gasteiger partial charge in [-0.05, 0) is 93.5 Å². The number of hydrogen-bond acceptors (Lipinski definition) is 4. The fourth-order valence-corrected chi connectivity index (χ4v) is 6.13. The first kappa shape index (κ1) is 32.0. The van der Waals surface area contributed by atoms with Gasteiger partial charge in [0.2, 0.25) is 0 Å². The van der Waals surface area contributed by atoms with Gasteiger partial charge in [0.05, 0.1) is 0 Å². The molecule has 0 radical (unpaired) electrons. The smallest absolute Gasteiger partial charge is 0.122 e. The van der Waals surface area contributed by atoms with Crippen LogP contribution in [0.1, 0.15) is 109 Å². The van der Waals surface area contributed by atoms with Crippen molar-refractivity contribution in [1.29, 1.82) is 0 Å². The average molecular weight is 581 g/mol. The monoisotopic (exact) mass is 580 g/mol. The van der Waals surface area contributed by atoms with Crippen LogP contribution >= 0.6 is 0 Å². The van der Waals surface area contributed by atoms with Crippen LogP contribution in [0.2, 0.25) is 0 Å². The third-order valence-electron chi connectivity index (χ3n) is 8.24. The highest BCUT2D eigenvalue weighted by Gasteiger charge is 2.18. The fraction of sp³-hybridized carbons (Fsp3) is 0.385. The lowest BCUT2D eigenvalue weighted by Crippen LogP contribution is -2.02. The highest BCUT2D eigenvalue weighted by molar-refractivity contribution is 5.54. The molecular formula is C39H48O4. The molecule has 0 aromatic heterocycles. The Morgan fingerprint density at radius 2 is 0.651 bits per heavy atom. The van der Waals surface area contributed by atoms with Gasteiger partial charge in [0.15, 0.2) is 0 Å². The molecule has 228 valence electrons. The van der Waals surface area contributed by atoms with E-state index in [1.807, 2.05) is 24.3 Å². The molecule has 0 aliphatic heterocycles. The molecule has 0 heterocycles. The van der Waals surface area contributed by atoms with Gasteiger partial charge in [-0.25, -0.2) is 0 Å². The van der Waals surface area contributed by atoms with E-state index < -0.39 is 0 Å². The van der Waals surface area contributed by atoms with Crippen molar-refractivity contribution in [1.82, 2.24) is 0 Å². The molecule has 0 spiro atoms. The summed E-state index contributed by atoms with van der Waals surface area (Å²) in [5, 5.41) is 44.4. The lowest BCUT2D eigenvalue weighted by atomic mass is 9.90. The maximum Gasteiger partial charge on any atom is 0.122 e. The first-order chi connectivity index (χ1) is 20.8. The summed E-state index contributed by atoms with van der Waals surface area (Å²) in [5.74, 6) is 0.906. The Bertz CT molecular complexity index is 1420. The second-order valence-corrected chi connectivity index (χ2v) is 12.0. The van der Waals surface area contributed by atoms with E-state index in [0.717, 1.165) is 95.9 Å². The minimum atomic E-state index is 0.215. The highest BCUT2D eigenvalue weighted by Crippen LogP contribution is 2.36. The highest BCUT2D eigenvalue weighted by atomic mass is 16.3. The zero-order valence-corrected chi connectivity index (χ0v) is 26.3. The molecule has 4 aromatic carbocycles. The number of phenolic OH excluding ortho intramolecular Hbond substituents is 4. The van der Waals surface area contributed by atoms with Gasteiger partial charge in [-0.1, -0.05) is 102 Å². The molecule has 4 rings (SSSR count). The van der Waals surface area contributed by atoms with Crippen molar-refractivity contribution < 1.29 is 20.4 Å². The van der Waals surface area contributed by atoms with Crippen LogP contribution in [-0.2, 0) is 44.9 Å². The Morgan fingerprint density at radius 1 is 0.372 bits per heavy atom. The van der Waals surface area contributed by atoms with E-state index in [2.05, 4.69) is 52.0 Å². The maximum atomic E-state index is 11.6. The number of rotatable bonds is 14. The Balaban J connectivity index is 1.74. The molecule has 0 aliphatic rings.